The summed E-state index contributed by atoms with van der Waals surface area (Å²) in [4.78, 5) is 18.4. The molecule has 16 heavy (non-hydrogen) atoms. The van der Waals surface area contributed by atoms with Crippen LogP contribution in [0.15, 0.2) is 37.1 Å². The summed E-state index contributed by atoms with van der Waals surface area (Å²) < 4.78 is 1.46. The second kappa shape index (κ2) is 5.79. The number of imidazole rings is 1. The number of aromatic nitrogens is 3. The smallest absolute Gasteiger partial charge is 0.548 e. The maximum Gasteiger partial charge on any atom is 1.00 e. The van der Waals surface area contributed by atoms with Crippen LogP contribution in [0, 0.1) is 0 Å². The van der Waals surface area contributed by atoms with Gasteiger partial charge in [-0.2, -0.15) is 0 Å². The second-order valence-corrected chi connectivity index (χ2v) is 3.04. The molecule has 0 saturated heterocycles. The van der Waals surface area contributed by atoms with Crippen molar-refractivity contribution in [2.45, 2.75) is 6.54 Å². The first-order valence-electron chi connectivity index (χ1n) is 4.38. The molecular weight excluding hydrogens is 217 g/mol. The molecule has 0 unspecified atom stereocenters. The maximum atomic E-state index is 10.3. The first-order chi connectivity index (χ1) is 7.25. The monoisotopic (exact) mass is 225 g/mol. The van der Waals surface area contributed by atoms with Gasteiger partial charge in [0.25, 0.3) is 0 Å². The molecule has 0 amide bonds. The Bertz CT molecular complexity index is 470. The van der Waals surface area contributed by atoms with Crippen molar-refractivity contribution < 1.29 is 39.5 Å². The van der Waals surface area contributed by atoms with Gasteiger partial charge in [-0.1, -0.05) is 0 Å². The zero-order valence-corrected chi connectivity index (χ0v) is 10.8. The Hall–Kier alpha value is -1.17. The molecule has 0 aliphatic carbocycles. The fourth-order valence-electron chi connectivity index (χ4n) is 1.26. The Kier molecular flexibility index (Phi) is 4.67. The number of carboxylic acids is 1. The first kappa shape index (κ1) is 12.9. The molecule has 2 heterocycles. The predicted molar refractivity (Wildman–Crippen MR) is 50.5 cm³/mol. The van der Waals surface area contributed by atoms with Crippen LogP contribution in [0.3, 0.4) is 0 Å². The molecule has 0 spiro atoms. The molecule has 0 aliphatic rings. The number of nitrogens with zero attached hydrogens (tertiary/aromatic N) is 3. The van der Waals surface area contributed by atoms with E-state index in [9.17, 15) is 9.90 Å². The zero-order valence-electron chi connectivity index (χ0n) is 8.83. The summed E-state index contributed by atoms with van der Waals surface area (Å²) >= 11 is 0. The van der Waals surface area contributed by atoms with Crippen molar-refractivity contribution in [1.82, 2.24) is 14.5 Å². The summed E-state index contributed by atoms with van der Waals surface area (Å²) in [5.74, 6) is -1.13. The summed E-state index contributed by atoms with van der Waals surface area (Å²) in [5, 5.41) is 10.3. The molecule has 0 aromatic carbocycles. The third-order valence-corrected chi connectivity index (χ3v) is 1.90. The molecule has 0 aliphatic heterocycles. The van der Waals surface area contributed by atoms with Crippen LogP contribution in [0.5, 0.6) is 0 Å². The Morgan fingerprint density at radius 2 is 2.31 bits per heavy atom. The topological polar surface area (TPSA) is 70.8 Å². The Balaban J connectivity index is 0.00000128. The molecule has 0 atom stereocenters. The van der Waals surface area contributed by atoms with Gasteiger partial charge in [-0.15, -0.1) is 0 Å². The third kappa shape index (κ3) is 3.16. The van der Waals surface area contributed by atoms with E-state index in [0.29, 0.717) is 5.69 Å². The van der Waals surface area contributed by atoms with E-state index < -0.39 is 5.97 Å². The molecule has 0 bridgehead atoms. The van der Waals surface area contributed by atoms with Crippen LogP contribution in [0.25, 0.3) is 11.3 Å². The van der Waals surface area contributed by atoms with E-state index in [-0.39, 0.29) is 36.1 Å². The normalized spacial score (nSPS) is 9.50. The summed E-state index contributed by atoms with van der Waals surface area (Å²) in [6.45, 7) is -0.187. The molecule has 0 saturated carbocycles. The molecule has 0 fully saturated rings. The summed E-state index contributed by atoms with van der Waals surface area (Å²) in [5.41, 5.74) is 1.55. The van der Waals surface area contributed by atoms with Gasteiger partial charge in [-0.25, -0.2) is 4.98 Å². The van der Waals surface area contributed by atoms with Gasteiger partial charge in [0.2, 0.25) is 0 Å². The van der Waals surface area contributed by atoms with E-state index >= 15 is 0 Å². The van der Waals surface area contributed by atoms with E-state index in [1.54, 1.807) is 24.7 Å². The van der Waals surface area contributed by atoms with Crippen LogP contribution in [-0.2, 0) is 11.3 Å². The number of carbonyl (C=O) groups excluding carboxylic acids is 1. The van der Waals surface area contributed by atoms with Crippen molar-refractivity contribution >= 4 is 5.97 Å². The first-order valence-corrected chi connectivity index (χ1v) is 4.38. The molecule has 5 nitrogen and oxygen atoms in total. The molecule has 6 heteroatoms. The minimum absolute atomic E-state index is 0. The van der Waals surface area contributed by atoms with Crippen molar-refractivity contribution in [1.29, 1.82) is 0 Å². The third-order valence-electron chi connectivity index (χ3n) is 1.90. The Labute approximate surface area is 114 Å². The summed E-state index contributed by atoms with van der Waals surface area (Å²) in [7, 11) is 0. The maximum absolute atomic E-state index is 10.3. The SMILES string of the molecule is O=C([O-])Cn1cnc(-c2cccnc2)c1.[Na+]. The molecule has 2 aromatic rings. The van der Waals surface area contributed by atoms with Crippen LogP contribution in [0.4, 0.5) is 0 Å². The number of pyridine rings is 1. The van der Waals surface area contributed by atoms with Crippen LogP contribution >= 0.6 is 0 Å². The van der Waals surface area contributed by atoms with Gasteiger partial charge in [0.15, 0.2) is 0 Å². The molecule has 0 radical (unpaired) electrons. The van der Waals surface area contributed by atoms with E-state index in [2.05, 4.69) is 9.97 Å². The van der Waals surface area contributed by atoms with Gasteiger partial charge in [0.05, 0.1) is 24.5 Å². The number of hydrogen-bond donors (Lipinski definition) is 0. The molecular formula is C10H8N3NaO2. The fraction of sp³-hybridized carbons (Fsp3) is 0.100. The average Bonchev–Trinajstić information content (AvgIpc) is 2.67. The van der Waals surface area contributed by atoms with Crippen LogP contribution in [0.1, 0.15) is 0 Å². The predicted octanol–water partition coefficient (Wildman–Crippen LogP) is -3.30. The number of carboxylic acid groups (broad SMARTS) is 1. The van der Waals surface area contributed by atoms with Gasteiger partial charge in [0, 0.05) is 24.2 Å². The van der Waals surface area contributed by atoms with Crippen LogP contribution in [-0.4, -0.2) is 20.5 Å². The van der Waals surface area contributed by atoms with E-state index in [1.807, 2.05) is 6.07 Å². The van der Waals surface area contributed by atoms with Crippen molar-refractivity contribution in [2.75, 3.05) is 0 Å². The molecule has 2 rings (SSSR count). The summed E-state index contributed by atoms with van der Waals surface area (Å²) in [6, 6.07) is 3.66. The number of carbonyl (C=O) groups is 1. The average molecular weight is 225 g/mol. The van der Waals surface area contributed by atoms with Crippen molar-refractivity contribution in [3.05, 3.63) is 37.1 Å². The molecule has 0 N–H and O–H groups in total. The van der Waals surface area contributed by atoms with Gasteiger partial charge >= 0.3 is 29.6 Å². The van der Waals surface area contributed by atoms with Gasteiger partial charge < -0.3 is 14.5 Å². The number of rotatable bonds is 3. The quantitative estimate of drug-likeness (QED) is 0.513. The van der Waals surface area contributed by atoms with Gasteiger partial charge in [-0.3, -0.25) is 4.98 Å². The largest absolute Gasteiger partial charge is 1.00 e. The fourth-order valence-corrected chi connectivity index (χ4v) is 1.26. The number of aliphatic carboxylic acids is 1. The Morgan fingerprint density at radius 1 is 1.50 bits per heavy atom. The minimum Gasteiger partial charge on any atom is -0.548 e. The van der Waals surface area contributed by atoms with E-state index in [1.165, 1.54) is 10.9 Å². The summed E-state index contributed by atoms with van der Waals surface area (Å²) in [6.07, 6.45) is 6.44. The minimum atomic E-state index is -1.13. The van der Waals surface area contributed by atoms with E-state index in [4.69, 9.17) is 0 Å². The Morgan fingerprint density at radius 3 is 2.94 bits per heavy atom. The van der Waals surface area contributed by atoms with E-state index in [0.717, 1.165) is 5.56 Å². The number of hydrogen-bond acceptors (Lipinski definition) is 4. The van der Waals surface area contributed by atoms with Crippen molar-refractivity contribution in [2.24, 2.45) is 0 Å². The van der Waals surface area contributed by atoms with Crippen molar-refractivity contribution in [3.63, 3.8) is 0 Å². The van der Waals surface area contributed by atoms with Crippen LogP contribution in [0.2, 0.25) is 0 Å². The van der Waals surface area contributed by atoms with Crippen LogP contribution < -0.4 is 34.7 Å². The second-order valence-electron chi connectivity index (χ2n) is 3.04. The van der Waals surface area contributed by atoms with Crippen molar-refractivity contribution in [3.8, 4) is 11.3 Å². The van der Waals surface area contributed by atoms with Gasteiger partial charge in [0.1, 0.15) is 0 Å². The van der Waals surface area contributed by atoms with Gasteiger partial charge in [-0.05, 0) is 12.1 Å². The molecule has 76 valence electrons. The zero-order chi connectivity index (χ0) is 10.7. The standard InChI is InChI=1S/C10H9N3O2.Na/c14-10(15)6-13-5-9(12-7-13)8-2-1-3-11-4-8;/h1-5,7H,6H2,(H,14,15);/q;+1/p-1. The molecule has 2 aromatic heterocycles.